The molecular formula is C23H35NO3. The molecular weight excluding hydrogens is 338 g/mol. The van der Waals surface area contributed by atoms with E-state index in [1.54, 1.807) is 0 Å². The lowest BCUT2D eigenvalue weighted by Gasteiger charge is -2.36. The minimum Gasteiger partial charge on any atom is -0.455 e. The Kier molecular flexibility index (Phi) is 7.07. The van der Waals surface area contributed by atoms with E-state index in [9.17, 15) is 9.59 Å². The van der Waals surface area contributed by atoms with Gasteiger partial charge < -0.3 is 10.1 Å². The van der Waals surface area contributed by atoms with Crippen LogP contribution in [0.25, 0.3) is 0 Å². The largest absolute Gasteiger partial charge is 0.455 e. The van der Waals surface area contributed by atoms with Gasteiger partial charge in [0.25, 0.3) is 5.91 Å². The molecule has 1 aromatic rings. The monoisotopic (exact) mass is 373 g/mol. The van der Waals surface area contributed by atoms with Gasteiger partial charge in [0.05, 0.1) is 5.92 Å². The van der Waals surface area contributed by atoms with Crippen molar-refractivity contribution in [3.63, 3.8) is 0 Å². The lowest BCUT2D eigenvalue weighted by molar-refractivity contribution is -0.153. The van der Waals surface area contributed by atoms with Crippen molar-refractivity contribution in [2.75, 3.05) is 11.9 Å². The Morgan fingerprint density at radius 1 is 1.15 bits per heavy atom. The number of hydrogen-bond donors (Lipinski definition) is 1. The summed E-state index contributed by atoms with van der Waals surface area (Å²) in [6.07, 6.45) is 3.82. The normalized spacial score (nSPS) is 20.4. The first-order valence-electron chi connectivity index (χ1n) is 10.2. The fourth-order valence-corrected chi connectivity index (χ4v) is 3.97. The van der Waals surface area contributed by atoms with Crippen LogP contribution in [-0.4, -0.2) is 18.5 Å². The van der Waals surface area contributed by atoms with Gasteiger partial charge in [-0.3, -0.25) is 9.59 Å². The molecule has 1 aliphatic carbocycles. The van der Waals surface area contributed by atoms with E-state index in [4.69, 9.17) is 4.74 Å². The molecule has 1 aromatic carbocycles. The van der Waals surface area contributed by atoms with E-state index in [1.165, 1.54) is 0 Å². The van der Waals surface area contributed by atoms with Crippen LogP contribution in [0.2, 0.25) is 0 Å². The van der Waals surface area contributed by atoms with E-state index >= 15 is 0 Å². The summed E-state index contributed by atoms with van der Waals surface area (Å²) in [5, 5.41) is 2.93. The standard InChI is InChI=1S/C23H35NO3/c1-15(2)19-9-7-8-16(3)21(19)24-20(25)14-27-22(26)17-10-12-18(13-11-17)23(4,5)6/h7-9,15,17-18H,10-14H2,1-6H3,(H,24,25). The van der Waals surface area contributed by atoms with Gasteiger partial charge in [0, 0.05) is 5.69 Å². The van der Waals surface area contributed by atoms with Gasteiger partial charge in [-0.05, 0) is 61.0 Å². The Balaban J connectivity index is 1.86. The van der Waals surface area contributed by atoms with Crippen LogP contribution in [0.4, 0.5) is 5.69 Å². The van der Waals surface area contributed by atoms with E-state index in [0.717, 1.165) is 42.5 Å². The number of para-hydroxylation sites is 1. The predicted octanol–water partition coefficient (Wildman–Crippen LogP) is 5.45. The molecule has 4 heteroatoms. The summed E-state index contributed by atoms with van der Waals surface area (Å²) in [7, 11) is 0. The van der Waals surface area contributed by atoms with Gasteiger partial charge in [0.1, 0.15) is 0 Å². The molecule has 4 nitrogen and oxygen atoms in total. The van der Waals surface area contributed by atoms with Crippen molar-refractivity contribution in [1.29, 1.82) is 0 Å². The summed E-state index contributed by atoms with van der Waals surface area (Å²) >= 11 is 0. The summed E-state index contributed by atoms with van der Waals surface area (Å²) in [4.78, 5) is 24.7. The molecule has 150 valence electrons. The molecule has 0 radical (unpaired) electrons. The van der Waals surface area contributed by atoms with Gasteiger partial charge in [-0.2, -0.15) is 0 Å². The fourth-order valence-electron chi connectivity index (χ4n) is 3.97. The van der Waals surface area contributed by atoms with E-state index < -0.39 is 0 Å². The predicted molar refractivity (Wildman–Crippen MR) is 110 cm³/mol. The number of esters is 1. The van der Waals surface area contributed by atoms with E-state index in [-0.39, 0.29) is 29.8 Å². The highest BCUT2D eigenvalue weighted by molar-refractivity contribution is 5.94. The molecule has 27 heavy (non-hydrogen) atoms. The minimum absolute atomic E-state index is 0.0684. The maximum Gasteiger partial charge on any atom is 0.309 e. The molecule has 0 unspecified atom stereocenters. The number of hydrogen-bond acceptors (Lipinski definition) is 3. The van der Waals surface area contributed by atoms with Crippen LogP contribution < -0.4 is 5.32 Å². The van der Waals surface area contributed by atoms with E-state index in [2.05, 4.69) is 39.9 Å². The van der Waals surface area contributed by atoms with Crippen LogP contribution in [0, 0.1) is 24.2 Å². The zero-order chi connectivity index (χ0) is 20.2. The highest BCUT2D eigenvalue weighted by atomic mass is 16.5. The highest BCUT2D eigenvalue weighted by Crippen LogP contribution is 2.40. The minimum atomic E-state index is -0.275. The molecule has 0 atom stereocenters. The lowest BCUT2D eigenvalue weighted by Crippen LogP contribution is -2.31. The molecule has 1 N–H and O–H groups in total. The molecule has 0 aliphatic heterocycles. The van der Waals surface area contributed by atoms with Gasteiger partial charge in [0.15, 0.2) is 6.61 Å². The van der Waals surface area contributed by atoms with Gasteiger partial charge in [0.2, 0.25) is 0 Å². The molecule has 0 spiro atoms. The van der Waals surface area contributed by atoms with Crippen molar-refractivity contribution in [3.8, 4) is 0 Å². The Hall–Kier alpha value is -1.84. The Bertz CT molecular complexity index is 665. The first-order chi connectivity index (χ1) is 12.6. The van der Waals surface area contributed by atoms with Crippen LogP contribution in [0.5, 0.6) is 0 Å². The smallest absolute Gasteiger partial charge is 0.309 e. The molecule has 0 bridgehead atoms. The molecule has 0 saturated heterocycles. The summed E-state index contributed by atoms with van der Waals surface area (Å²) < 4.78 is 5.33. The van der Waals surface area contributed by atoms with Crippen LogP contribution in [0.1, 0.15) is 77.3 Å². The second kappa shape index (κ2) is 8.90. The third-order valence-electron chi connectivity index (χ3n) is 5.82. The number of benzene rings is 1. The summed E-state index contributed by atoms with van der Waals surface area (Å²) in [5.74, 6) is 0.386. The Morgan fingerprint density at radius 3 is 2.33 bits per heavy atom. The second-order valence-corrected chi connectivity index (χ2v) is 9.26. The van der Waals surface area contributed by atoms with E-state index in [1.807, 2.05) is 25.1 Å². The summed E-state index contributed by atoms with van der Waals surface area (Å²) in [6, 6.07) is 5.99. The maximum atomic E-state index is 12.4. The average Bonchev–Trinajstić information content (AvgIpc) is 2.60. The number of aryl methyl sites for hydroxylation is 1. The Morgan fingerprint density at radius 2 is 1.78 bits per heavy atom. The molecule has 0 aromatic heterocycles. The number of rotatable bonds is 5. The van der Waals surface area contributed by atoms with Crippen molar-refractivity contribution in [2.24, 2.45) is 17.3 Å². The molecule has 1 fully saturated rings. The van der Waals surface area contributed by atoms with Crippen LogP contribution in [-0.2, 0) is 14.3 Å². The van der Waals surface area contributed by atoms with Crippen LogP contribution in [0.15, 0.2) is 18.2 Å². The maximum absolute atomic E-state index is 12.4. The van der Waals surface area contributed by atoms with E-state index in [0.29, 0.717) is 11.8 Å². The fraction of sp³-hybridized carbons (Fsp3) is 0.652. The Labute approximate surface area is 164 Å². The summed E-state index contributed by atoms with van der Waals surface area (Å²) in [6.45, 7) is 12.7. The number of ether oxygens (including phenoxy) is 1. The number of nitrogens with one attached hydrogen (secondary N) is 1. The number of carbonyl (C=O) groups excluding carboxylic acids is 2. The molecule has 2 rings (SSSR count). The van der Waals surface area contributed by atoms with Gasteiger partial charge in [-0.1, -0.05) is 52.8 Å². The SMILES string of the molecule is Cc1cccc(C(C)C)c1NC(=O)COC(=O)C1CCC(C(C)(C)C)CC1. The van der Waals surface area contributed by atoms with Gasteiger partial charge >= 0.3 is 5.97 Å². The topological polar surface area (TPSA) is 55.4 Å². The van der Waals surface area contributed by atoms with Crippen molar-refractivity contribution < 1.29 is 14.3 Å². The average molecular weight is 374 g/mol. The third-order valence-corrected chi connectivity index (χ3v) is 5.82. The van der Waals surface area contributed by atoms with Crippen molar-refractivity contribution in [2.45, 2.75) is 73.1 Å². The molecule has 0 heterocycles. The zero-order valence-electron chi connectivity index (χ0n) is 17.7. The second-order valence-electron chi connectivity index (χ2n) is 9.26. The molecule has 1 saturated carbocycles. The lowest BCUT2D eigenvalue weighted by atomic mass is 9.70. The number of carbonyl (C=O) groups is 2. The zero-order valence-corrected chi connectivity index (χ0v) is 17.7. The van der Waals surface area contributed by atoms with Crippen LogP contribution >= 0.6 is 0 Å². The number of amides is 1. The third kappa shape index (κ3) is 5.82. The number of anilines is 1. The van der Waals surface area contributed by atoms with Crippen molar-refractivity contribution in [1.82, 2.24) is 0 Å². The first-order valence-corrected chi connectivity index (χ1v) is 10.2. The van der Waals surface area contributed by atoms with Crippen molar-refractivity contribution in [3.05, 3.63) is 29.3 Å². The molecule has 1 aliphatic rings. The first kappa shape index (κ1) is 21.5. The summed E-state index contributed by atoms with van der Waals surface area (Å²) in [5.41, 5.74) is 3.23. The van der Waals surface area contributed by atoms with Crippen molar-refractivity contribution >= 4 is 17.6 Å². The highest BCUT2D eigenvalue weighted by Gasteiger charge is 2.33. The quantitative estimate of drug-likeness (QED) is 0.698. The van der Waals surface area contributed by atoms with Crippen LogP contribution in [0.3, 0.4) is 0 Å². The van der Waals surface area contributed by atoms with Gasteiger partial charge in [-0.15, -0.1) is 0 Å². The van der Waals surface area contributed by atoms with Gasteiger partial charge in [-0.25, -0.2) is 0 Å². The molecule has 1 amide bonds.